The van der Waals surface area contributed by atoms with Crippen molar-refractivity contribution < 1.29 is 4.79 Å². The summed E-state index contributed by atoms with van der Waals surface area (Å²) in [5.74, 6) is 0.544. The Bertz CT molecular complexity index is 1310. The molecule has 2 heterocycles. The molecule has 2 aromatic heterocycles. The highest BCUT2D eigenvalue weighted by molar-refractivity contribution is 7.99. The fourth-order valence-corrected chi connectivity index (χ4v) is 4.25. The summed E-state index contributed by atoms with van der Waals surface area (Å²) in [6.45, 7) is 5.29. The number of fused-ring (bicyclic) bond motifs is 3. The number of para-hydroxylation sites is 2. The maximum absolute atomic E-state index is 12.8. The number of carbonyl (C=O) groups is 1. The van der Waals surface area contributed by atoms with Crippen LogP contribution in [0, 0.1) is 0 Å². The van der Waals surface area contributed by atoms with Crippen molar-refractivity contribution in [2.45, 2.75) is 11.7 Å². The average molecular weight is 449 g/mol. The summed E-state index contributed by atoms with van der Waals surface area (Å²) >= 11 is 1.29. The second-order valence-corrected chi connectivity index (χ2v) is 8.18. The Balaban J connectivity index is 1.46. The van der Waals surface area contributed by atoms with Crippen LogP contribution in [0.3, 0.4) is 0 Å². The first-order valence-corrected chi connectivity index (χ1v) is 11.2. The summed E-state index contributed by atoms with van der Waals surface area (Å²) in [5, 5.41) is 12.5. The van der Waals surface area contributed by atoms with Gasteiger partial charge < -0.3 is 10.2 Å². The number of aromatic nitrogens is 4. The predicted octanol–water partition coefficient (Wildman–Crippen LogP) is 2.57. The van der Waals surface area contributed by atoms with Gasteiger partial charge in [0.15, 0.2) is 5.16 Å². The van der Waals surface area contributed by atoms with Crippen molar-refractivity contribution >= 4 is 40.0 Å². The first-order valence-electron chi connectivity index (χ1n) is 10.2. The molecule has 0 radical (unpaired) electrons. The zero-order valence-electron chi connectivity index (χ0n) is 17.8. The highest BCUT2D eigenvalue weighted by Gasteiger charge is 2.17. The van der Waals surface area contributed by atoms with Gasteiger partial charge in [-0.2, -0.15) is 0 Å². The van der Waals surface area contributed by atoms with E-state index in [1.165, 1.54) is 16.3 Å². The molecule has 32 heavy (non-hydrogen) atoms. The third kappa shape index (κ3) is 4.38. The Morgan fingerprint density at radius 2 is 1.91 bits per heavy atom. The molecule has 0 aliphatic heterocycles. The molecule has 0 saturated heterocycles. The molecule has 4 aromatic rings. The second-order valence-electron chi connectivity index (χ2n) is 7.24. The molecule has 164 valence electrons. The number of thioether (sulfide) groups is 1. The number of amides is 1. The van der Waals surface area contributed by atoms with E-state index in [1.807, 2.05) is 60.0 Å². The Morgan fingerprint density at radius 1 is 1.16 bits per heavy atom. The van der Waals surface area contributed by atoms with Crippen molar-refractivity contribution in [1.29, 1.82) is 0 Å². The molecule has 0 unspecified atom stereocenters. The fourth-order valence-electron chi connectivity index (χ4n) is 3.48. The number of nitrogens with one attached hydrogen (secondary N) is 1. The van der Waals surface area contributed by atoms with Crippen molar-refractivity contribution in [2.75, 3.05) is 30.8 Å². The molecule has 0 fully saturated rings. The van der Waals surface area contributed by atoms with Gasteiger partial charge in [-0.1, -0.05) is 48.2 Å². The van der Waals surface area contributed by atoms with E-state index in [4.69, 9.17) is 0 Å². The Labute approximate surface area is 189 Å². The van der Waals surface area contributed by atoms with Crippen molar-refractivity contribution in [3.05, 3.63) is 77.6 Å². The molecule has 9 heteroatoms. The van der Waals surface area contributed by atoms with Gasteiger partial charge in [0.05, 0.1) is 16.7 Å². The molecule has 0 aliphatic carbocycles. The number of hydrogen-bond acceptors (Lipinski definition) is 6. The third-order valence-electron chi connectivity index (χ3n) is 5.09. The zero-order valence-corrected chi connectivity index (χ0v) is 18.6. The summed E-state index contributed by atoms with van der Waals surface area (Å²) < 4.78 is 3.35. The normalized spacial score (nSPS) is 11.0. The molecule has 0 spiro atoms. The Kier molecular flexibility index (Phi) is 6.55. The molecule has 4 rings (SSSR count). The van der Waals surface area contributed by atoms with E-state index in [1.54, 1.807) is 12.1 Å². The summed E-state index contributed by atoms with van der Waals surface area (Å²) in [6.07, 6.45) is 1.65. The van der Waals surface area contributed by atoms with Crippen LogP contribution in [0.5, 0.6) is 0 Å². The molecule has 0 bridgehead atoms. The standard InChI is InChI=1S/C23H24N6O2S/c1-3-14-28-21(31)18-11-7-8-12-19(18)29-22(28)25-26-23(29)32-16-20(30)24-13-15-27(2)17-9-5-4-6-10-17/h3-12H,1,13-16H2,2H3,(H,24,30). The van der Waals surface area contributed by atoms with Gasteiger partial charge in [0.25, 0.3) is 5.56 Å². The molecule has 0 atom stereocenters. The van der Waals surface area contributed by atoms with E-state index in [2.05, 4.69) is 27.0 Å². The number of likely N-dealkylation sites (N-methyl/N-ethyl adjacent to an activating group) is 1. The minimum absolute atomic E-state index is 0.0862. The number of nitrogens with zero attached hydrogens (tertiary/aromatic N) is 5. The van der Waals surface area contributed by atoms with Crippen LogP contribution in [-0.2, 0) is 11.3 Å². The van der Waals surface area contributed by atoms with Crippen molar-refractivity contribution in [2.24, 2.45) is 0 Å². The SMILES string of the molecule is C=CCn1c(=O)c2ccccc2n2c(SCC(=O)NCCN(C)c3ccccc3)nnc12. The number of benzene rings is 2. The highest BCUT2D eigenvalue weighted by atomic mass is 32.2. The van der Waals surface area contributed by atoms with Gasteiger partial charge in [0, 0.05) is 32.4 Å². The molecular formula is C23H24N6O2S. The number of allylic oxidation sites excluding steroid dienone is 1. The van der Waals surface area contributed by atoms with Crippen molar-refractivity contribution in [1.82, 2.24) is 24.5 Å². The van der Waals surface area contributed by atoms with E-state index in [0.29, 0.717) is 41.5 Å². The predicted molar refractivity (Wildman–Crippen MR) is 128 cm³/mol. The van der Waals surface area contributed by atoms with Crippen LogP contribution in [-0.4, -0.2) is 51.0 Å². The lowest BCUT2D eigenvalue weighted by Gasteiger charge is -2.19. The van der Waals surface area contributed by atoms with Crippen LogP contribution >= 0.6 is 11.8 Å². The number of rotatable bonds is 9. The van der Waals surface area contributed by atoms with Gasteiger partial charge in [0.1, 0.15) is 0 Å². The van der Waals surface area contributed by atoms with Crippen LogP contribution in [0.4, 0.5) is 5.69 Å². The minimum Gasteiger partial charge on any atom is -0.373 e. The van der Waals surface area contributed by atoms with Gasteiger partial charge in [-0.3, -0.25) is 18.6 Å². The van der Waals surface area contributed by atoms with Gasteiger partial charge >= 0.3 is 0 Å². The highest BCUT2D eigenvalue weighted by Crippen LogP contribution is 2.21. The summed E-state index contributed by atoms with van der Waals surface area (Å²) in [4.78, 5) is 27.3. The van der Waals surface area contributed by atoms with Crippen LogP contribution in [0.1, 0.15) is 0 Å². The van der Waals surface area contributed by atoms with E-state index in [-0.39, 0.29) is 17.2 Å². The topological polar surface area (TPSA) is 84.5 Å². The van der Waals surface area contributed by atoms with E-state index in [0.717, 1.165) is 5.69 Å². The van der Waals surface area contributed by atoms with Crippen LogP contribution in [0.25, 0.3) is 16.7 Å². The maximum Gasteiger partial charge on any atom is 0.263 e. The molecular weight excluding hydrogens is 424 g/mol. The van der Waals surface area contributed by atoms with Gasteiger partial charge in [-0.25, -0.2) is 0 Å². The summed E-state index contributed by atoms with van der Waals surface area (Å²) in [5.41, 5.74) is 1.67. The quantitative estimate of drug-likeness (QED) is 0.313. The number of hydrogen-bond donors (Lipinski definition) is 1. The minimum atomic E-state index is -0.141. The lowest BCUT2D eigenvalue weighted by Crippen LogP contribution is -2.33. The fraction of sp³-hybridized carbons (Fsp3) is 0.217. The molecule has 1 N–H and O–H groups in total. The van der Waals surface area contributed by atoms with Gasteiger partial charge in [0.2, 0.25) is 11.7 Å². The van der Waals surface area contributed by atoms with Crippen LogP contribution in [0.2, 0.25) is 0 Å². The van der Waals surface area contributed by atoms with Gasteiger partial charge in [-0.05, 0) is 24.3 Å². The summed E-state index contributed by atoms with van der Waals surface area (Å²) in [7, 11) is 1.99. The second kappa shape index (κ2) is 9.69. The van der Waals surface area contributed by atoms with Crippen molar-refractivity contribution in [3.8, 4) is 0 Å². The van der Waals surface area contributed by atoms with Crippen molar-refractivity contribution in [3.63, 3.8) is 0 Å². The smallest absolute Gasteiger partial charge is 0.263 e. The zero-order chi connectivity index (χ0) is 22.5. The third-order valence-corrected chi connectivity index (χ3v) is 6.02. The lowest BCUT2D eigenvalue weighted by molar-refractivity contribution is -0.118. The monoisotopic (exact) mass is 448 g/mol. The van der Waals surface area contributed by atoms with E-state index >= 15 is 0 Å². The molecule has 8 nitrogen and oxygen atoms in total. The van der Waals surface area contributed by atoms with Crippen LogP contribution < -0.4 is 15.8 Å². The number of carbonyl (C=O) groups excluding carboxylic acids is 1. The van der Waals surface area contributed by atoms with E-state index < -0.39 is 0 Å². The van der Waals surface area contributed by atoms with Crippen LogP contribution in [0.15, 0.2) is 77.2 Å². The Morgan fingerprint density at radius 3 is 2.69 bits per heavy atom. The maximum atomic E-state index is 12.8. The average Bonchev–Trinajstić information content (AvgIpc) is 3.25. The molecule has 0 aliphatic rings. The van der Waals surface area contributed by atoms with E-state index in [9.17, 15) is 9.59 Å². The molecule has 1 amide bonds. The largest absolute Gasteiger partial charge is 0.373 e. The Hall–Kier alpha value is -3.59. The number of anilines is 1. The first kappa shape index (κ1) is 21.6. The first-order chi connectivity index (χ1) is 15.6. The molecule has 0 saturated carbocycles. The van der Waals surface area contributed by atoms with Gasteiger partial charge in [-0.15, -0.1) is 16.8 Å². The molecule has 2 aromatic carbocycles. The lowest BCUT2D eigenvalue weighted by atomic mass is 10.2. The summed E-state index contributed by atoms with van der Waals surface area (Å²) in [6, 6.07) is 17.3.